The average Bonchev–Trinajstić information content (AvgIpc) is 2.66. The summed E-state index contributed by atoms with van der Waals surface area (Å²) in [5.74, 6) is 1.66. The van der Waals surface area contributed by atoms with Gasteiger partial charge in [0, 0.05) is 11.6 Å². The molecule has 0 radical (unpaired) electrons. The highest BCUT2D eigenvalue weighted by Gasteiger charge is 2.14. The fourth-order valence-corrected chi connectivity index (χ4v) is 2.39. The van der Waals surface area contributed by atoms with E-state index < -0.39 is 0 Å². The Kier molecular flexibility index (Phi) is 3.84. The number of anilines is 1. The Bertz CT molecular complexity index is 1020. The maximum Gasteiger partial charge on any atom is 0.249 e. The summed E-state index contributed by atoms with van der Waals surface area (Å²) < 4.78 is 11.6. The van der Waals surface area contributed by atoms with Gasteiger partial charge in [-0.2, -0.15) is 9.97 Å². The predicted molar refractivity (Wildman–Crippen MR) is 94.8 cm³/mol. The zero-order chi connectivity index (χ0) is 17.1. The molecule has 0 amide bonds. The van der Waals surface area contributed by atoms with Crippen LogP contribution in [0.2, 0.25) is 0 Å². The second kappa shape index (κ2) is 6.45. The molecule has 0 aliphatic carbocycles. The smallest absolute Gasteiger partial charge is 0.249 e. The number of hydrogen-bond donors (Lipinski definition) is 1. The number of benzene rings is 2. The molecule has 0 unspecified atom stereocenters. The normalized spacial score (nSPS) is 10.6. The summed E-state index contributed by atoms with van der Waals surface area (Å²) in [6.45, 7) is 0. The molecule has 2 aromatic carbocycles. The third-order valence-electron chi connectivity index (χ3n) is 3.57. The number of hydrogen-bond acceptors (Lipinski definition) is 6. The number of nitrogens with two attached hydrogens (primary N) is 1. The SMILES string of the molecule is Nc1c(Oc2ccccc2)ncnc1Oc1cccc2cccnc12. The lowest BCUT2D eigenvalue weighted by Gasteiger charge is -2.11. The van der Waals surface area contributed by atoms with Crippen LogP contribution in [0.5, 0.6) is 23.3 Å². The van der Waals surface area contributed by atoms with Crippen molar-refractivity contribution in [3.05, 3.63) is 73.2 Å². The number of ether oxygens (including phenoxy) is 2. The molecule has 25 heavy (non-hydrogen) atoms. The molecule has 4 aromatic rings. The van der Waals surface area contributed by atoms with E-state index in [4.69, 9.17) is 15.2 Å². The molecular formula is C19H14N4O2. The first-order valence-electron chi connectivity index (χ1n) is 7.66. The summed E-state index contributed by atoms with van der Waals surface area (Å²) in [6, 6.07) is 18.8. The lowest BCUT2D eigenvalue weighted by atomic mass is 10.2. The van der Waals surface area contributed by atoms with E-state index in [1.807, 2.05) is 60.7 Å². The highest BCUT2D eigenvalue weighted by Crippen LogP contribution is 2.35. The molecule has 0 aliphatic rings. The minimum absolute atomic E-state index is 0.221. The summed E-state index contributed by atoms with van der Waals surface area (Å²) in [5.41, 5.74) is 7.08. The lowest BCUT2D eigenvalue weighted by Crippen LogP contribution is -2.00. The summed E-state index contributed by atoms with van der Waals surface area (Å²) >= 11 is 0. The molecule has 6 heteroatoms. The first-order chi connectivity index (χ1) is 12.3. The van der Waals surface area contributed by atoms with Crippen LogP contribution in [0.25, 0.3) is 10.9 Å². The molecule has 0 atom stereocenters. The Hall–Kier alpha value is -3.67. The Balaban J connectivity index is 1.68. The third kappa shape index (κ3) is 3.05. The zero-order valence-corrected chi connectivity index (χ0v) is 13.2. The molecule has 2 N–H and O–H groups in total. The van der Waals surface area contributed by atoms with Gasteiger partial charge in [0.25, 0.3) is 0 Å². The lowest BCUT2D eigenvalue weighted by molar-refractivity contribution is 0.440. The van der Waals surface area contributed by atoms with Gasteiger partial charge in [0.05, 0.1) is 0 Å². The molecule has 0 fully saturated rings. The largest absolute Gasteiger partial charge is 0.437 e. The molecule has 0 saturated carbocycles. The van der Waals surface area contributed by atoms with Crippen molar-refractivity contribution in [3.63, 3.8) is 0 Å². The van der Waals surface area contributed by atoms with Crippen LogP contribution in [-0.2, 0) is 0 Å². The Morgan fingerprint density at radius 2 is 1.48 bits per heavy atom. The quantitative estimate of drug-likeness (QED) is 0.604. The zero-order valence-electron chi connectivity index (χ0n) is 13.2. The van der Waals surface area contributed by atoms with E-state index in [9.17, 15) is 0 Å². The minimum atomic E-state index is 0.221. The van der Waals surface area contributed by atoms with Crippen LogP contribution in [0.1, 0.15) is 0 Å². The van der Waals surface area contributed by atoms with Gasteiger partial charge in [0.2, 0.25) is 11.8 Å². The van der Waals surface area contributed by atoms with Crippen molar-refractivity contribution in [2.75, 3.05) is 5.73 Å². The highest BCUT2D eigenvalue weighted by molar-refractivity contribution is 5.84. The summed E-state index contributed by atoms with van der Waals surface area (Å²) in [5, 5.41) is 0.966. The van der Waals surface area contributed by atoms with Crippen LogP contribution in [0.4, 0.5) is 5.69 Å². The number of rotatable bonds is 4. The van der Waals surface area contributed by atoms with Crippen molar-refractivity contribution < 1.29 is 9.47 Å². The highest BCUT2D eigenvalue weighted by atomic mass is 16.5. The summed E-state index contributed by atoms with van der Waals surface area (Å²) in [6.07, 6.45) is 3.06. The minimum Gasteiger partial charge on any atom is -0.437 e. The van der Waals surface area contributed by atoms with E-state index in [2.05, 4.69) is 15.0 Å². The topological polar surface area (TPSA) is 83.2 Å². The fraction of sp³-hybridized carbons (Fsp3) is 0. The monoisotopic (exact) mass is 330 g/mol. The predicted octanol–water partition coefficient (Wildman–Crippen LogP) is 4.19. The van der Waals surface area contributed by atoms with Gasteiger partial charge in [-0.05, 0) is 24.3 Å². The van der Waals surface area contributed by atoms with Gasteiger partial charge < -0.3 is 15.2 Å². The van der Waals surface area contributed by atoms with Gasteiger partial charge in [0.1, 0.15) is 17.6 Å². The van der Waals surface area contributed by atoms with Crippen LogP contribution >= 0.6 is 0 Å². The van der Waals surface area contributed by atoms with Gasteiger partial charge in [-0.15, -0.1) is 0 Å². The van der Waals surface area contributed by atoms with Crippen LogP contribution in [-0.4, -0.2) is 15.0 Å². The van der Waals surface area contributed by atoms with Crippen molar-refractivity contribution in [3.8, 4) is 23.3 Å². The van der Waals surface area contributed by atoms with E-state index in [0.29, 0.717) is 11.5 Å². The van der Waals surface area contributed by atoms with Crippen molar-refractivity contribution in [1.29, 1.82) is 0 Å². The number of nitrogens with zero attached hydrogens (tertiary/aromatic N) is 3. The number of fused-ring (bicyclic) bond motifs is 1. The van der Waals surface area contributed by atoms with E-state index in [-0.39, 0.29) is 17.4 Å². The van der Waals surface area contributed by atoms with Crippen LogP contribution in [0.3, 0.4) is 0 Å². The second-order valence-corrected chi connectivity index (χ2v) is 5.25. The molecule has 0 spiro atoms. The van der Waals surface area contributed by atoms with E-state index >= 15 is 0 Å². The van der Waals surface area contributed by atoms with Crippen molar-refractivity contribution in [2.24, 2.45) is 0 Å². The molecule has 0 bridgehead atoms. The number of para-hydroxylation sites is 2. The van der Waals surface area contributed by atoms with Crippen molar-refractivity contribution in [1.82, 2.24) is 15.0 Å². The molecule has 4 rings (SSSR count). The maximum absolute atomic E-state index is 6.13. The van der Waals surface area contributed by atoms with E-state index in [0.717, 1.165) is 10.9 Å². The maximum atomic E-state index is 6.13. The second-order valence-electron chi connectivity index (χ2n) is 5.25. The van der Waals surface area contributed by atoms with Crippen LogP contribution in [0, 0.1) is 0 Å². The molecule has 0 aliphatic heterocycles. The third-order valence-corrected chi connectivity index (χ3v) is 3.57. The Labute approximate surface area is 143 Å². The molecule has 2 aromatic heterocycles. The summed E-state index contributed by atoms with van der Waals surface area (Å²) in [7, 11) is 0. The molecule has 6 nitrogen and oxygen atoms in total. The summed E-state index contributed by atoms with van der Waals surface area (Å²) in [4.78, 5) is 12.6. The average molecular weight is 330 g/mol. The standard InChI is InChI=1S/C19H14N4O2/c20-16-18(24-14-8-2-1-3-9-14)22-12-23-19(16)25-15-10-4-6-13-7-5-11-21-17(13)15/h1-12H,20H2. The Morgan fingerprint density at radius 1 is 0.720 bits per heavy atom. The number of aromatic nitrogens is 3. The van der Waals surface area contributed by atoms with Gasteiger partial charge in [-0.1, -0.05) is 36.4 Å². The van der Waals surface area contributed by atoms with Gasteiger partial charge >= 0.3 is 0 Å². The van der Waals surface area contributed by atoms with Crippen LogP contribution < -0.4 is 15.2 Å². The van der Waals surface area contributed by atoms with Gasteiger partial charge in [-0.25, -0.2) is 0 Å². The molecular weight excluding hydrogens is 316 g/mol. The molecule has 122 valence electrons. The molecule has 2 heterocycles. The first kappa shape index (κ1) is 14.9. The Morgan fingerprint density at radius 3 is 2.32 bits per heavy atom. The first-order valence-corrected chi connectivity index (χ1v) is 7.66. The van der Waals surface area contributed by atoms with Gasteiger partial charge in [-0.3, -0.25) is 4.98 Å². The number of pyridine rings is 1. The van der Waals surface area contributed by atoms with Crippen LogP contribution in [0.15, 0.2) is 73.2 Å². The van der Waals surface area contributed by atoms with Crippen molar-refractivity contribution >= 4 is 16.6 Å². The fourth-order valence-electron chi connectivity index (χ4n) is 2.39. The van der Waals surface area contributed by atoms with E-state index in [1.54, 1.807) is 6.20 Å². The van der Waals surface area contributed by atoms with Gasteiger partial charge in [0.15, 0.2) is 11.4 Å². The number of nitrogen functional groups attached to an aromatic ring is 1. The molecule has 0 saturated heterocycles. The van der Waals surface area contributed by atoms with E-state index in [1.165, 1.54) is 6.33 Å². The van der Waals surface area contributed by atoms with Crippen molar-refractivity contribution in [2.45, 2.75) is 0 Å².